The number of piperidine rings is 1. The quantitative estimate of drug-likeness (QED) is 0.920. The van der Waals surface area contributed by atoms with Crippen molar-refractivity contribution in [1.29, 1.82) is 0 Å². The van der Waals surface area contributed by atoms with E-state index < -0.39 is 0 Å². The van der Waals surface area contributed by atoms with Crippen molar-refractivity contribution in [2.75, 3.05) is 19.6 Å². The molecule has 2 nitrogen and oxygen atoms in total. The summed E-state index contributed by atoms with van der Waals surface area (Å²) in [6.07, 6.45) is 3.90. The van der Waals surface area contributed by atoms with E-state index in [-0.39, 0.29) is 0 Å². The molecule has 0 aliphatic carbocycles. The Labute approximate surface area is 120 Å². The molecule has 104 valence electrons. The minimum absolute atomic E-state index is 0.595. The molecule has 3 atom stereocenters. The highest BCUT2D eigenvalue weighted by atomic mass is 32.2. The summed E-state index contributed by atoms with van der Waals surface area (Å²) < 4.78 is 0. The van der Waals surface area contributed by atoms with Crippen LogP contribution in [0.5, 0.6) is 0 Å². The highest BCUT2D eigenvalue weighted by Gasteiger charge is 2.31. The number of rotatable bonds is 3. The van der Waals surface area contributed by atoms with Gasteiger partial charge >= 0.3 is 0 Å². The Bertz CT molecular complexity index is 410. The Morgan fingerprint density at radius 3 is 3.00 bits per heavy atom. The van der Waals surface area contributed by atoms with Gasteiger partial charge in [-0.05, 0) is 43.4 Å². The lowest BCUT2D eigenvalue weighted by atomic mass is 9.90. The summed E-state index contributed by atoms with van der Waals surface area (Å²) in [6.45, 7) is 5.61. The average molecular weight is 276 g/mol. The summed E-state index contributed by atoms with van der Waals surface area (Å²) in [4.78, 5) is 4.14. The van der Waals surface area contributed by atoms with Crippen LogP contribution in [0, 0.1) is 5.92 Å². The molecule has 0 saturated carbocycles. The van der Waals surface area contributed by atoms with Gasteiger partial charge in [-0.2, -0.15) is 0 Å². The fraction of sp³-hybridized carbons (Fsp3) is 0.625. The molecular formula is C16H24N2S. The first-order valence-corrected chi connectivity index (χ1v) is 8.34. The smallest absolute Gasteiger partial charge is 0.0263 e. The lowest BCUT2D eigenvalue weighted by molar-refractivity contribution is 0.107. The monoisotopic (exact) mass is 276 g/mol. The van der Waals surface area contributed by atoms with Gasteiger partial charge in [-0.15, -0.1) is 11.8 Å². The molecule has 0 amide bonds. The third-order valence-electron chi connectivity index (χ3n) is 4.62. The Balaban J connectivity index is 1.63. The Morgan fingerprint density at radius 1 is 1.37 bits per heavy atom. The molecule has 0 bridgehead atoms. The number of hydrogen-bond donors (Lipinski definition) is 1. The molecular weight excluding hydrogens is 252 g/mol. The molecule has 3 heteroatoms. The molecule has 2 heterocycles. The number of nitrogens with two attached hydrogens (primary N) is 1. The van der Waals surface area contributed by atoms with Crippen molar-refractivity contribution >= 4 is 11.8 Å². The van der Waals surface area contributed by atoms with E-state index in [0.29, 0.717) is 6.04 Å². The number of nitrogens with zero attached hydrogens (tertiary/aromatic N) is 1. The van der Waals surface area contributed by atoms with Crippen LogP contribution in [0.4, 0.5) is 0 Å². The van der Waals surface area contributed by atoms with Crippen LogP contribution in [0.2, 0.25) is 0 Å². The van der Waals surface area contributed by atoms with Crippen molar-refractivity contribution < 1.29 is 0 Å². The average Bonchev–Trinajstić information content (AvgIpc) is 2.81. The van der Waals surface area contributed by atoms with E-state index in [2.05, 4.69) is 47.9 Å². The zero-order chi connectivity index (χ0) is 13.2. The Hall–Kier alpha value is -0.510. The molecule has 3 rings (SSSR count). The molecule has 2 aliphatic rings. The van der Waals surface area contributed by atoms with Gasteiger partial charge < -0.3 is 5.73 Å². The summed E-state index contributed by atoms with van der Waals surface area (Å²) >= 11 is 2.06. The molecule has 1 aromatic carbocycles. The van der Waals surface area contributed by atoms with Crippen molar-refractivity contribution in [2.24, 2.45) is 11.7 Å². The second-order valence-corrected chi connectivity index (χ2v) is 7.31. The number of fused-ring (bicyclic) bond motifs is 1. The standard InChI is InChI=1S/C16H24N2S/c1-12-5-4-8-18(15(12)10-17)11-14-9-13-6-2-3-7-16(13)19-14/h2-3,6-7,12,14-15H,4-5,8-11,17H2,1H3. The fourth-order valence-electron chi connectivity index (χ4n) is 3.56. The molecule has 0 radical (unpaired) electrons. The van der Waals surface area contributed by atoms with E-state index in [1.807, 2.05) is 0 Å². The second-order valence-electron chi connectivity index (χ2n) is 5.97. The highest BCUT2D eigenvalue weighted by Crippen LogP contribution is 2.38. The number of thioether (sulfide) groups is 1. The third kappa shape index (κ3) is 2.83. The van der Waals surface area contributed by atoms with Crippen LogP contribution in [-0.4, -0.2) is 35.8 Å². The first-order chi connectivity index (χ1) is 9.28. The summed E-state index contributed by atoms with van der Waals surface area (Å²) in [7, 11) is 0. The fourth-order valence-corrected chi connectivity index (χ4v) is 4.91. The first kappa shape index (κ1) is 13.5. The summed E-state index contributed by atoms with van der Waals surface area (Å²) in [5.41, 5.74) is 7.53. The number of benzene rings is 1. The maximum absolute atomic E-state index is 5.99. The van der Waals surface area contributed by atoms with Crippen molar-refractivity contribution in [2.45, 2.75) is 42.4 Å². The molecule has 1 saturated heterocycles. The predicted molar refractivity (Wildman–Crippen MR) is 82.6 cm³/mol. The van der Waals surface area contributed by atoms with Crippen LogP contribution in [0.25, 0.3) is 0 Å². The van der Waals surface area contributed by atoms with Crippen LogP contribution >= 0.6 is 11.8 Å². The summed E-state index contributed by atoms with van der Waals surface area (Å²) in [5, 5.41) is 0.719. The van der Waals surface area contributed by atoms with Crippen LogP contribution in [-0.2, 0) is 6.42 Å². The molecule has 2 aliphatic heterocycles. The SMILES string of the molecule is CC1CCCN(CC2Cc3ccccc3S2)C1CN. The maximum Gasteiger partial charge on any atom is 0.0263 e. The van der Waals surface area contributed by atoms with Crippen molar-refractivity contribution in [3.8, 4) is 0 Å². The van der Waals surface area contributed by atoms with Crippen LogP contribution in [0.3, 0.4) is 0 Å². The Morgan fingerprint density at radius 2 is 2.21 bits per heavy atom. The molecule has 0 spiro atoms. The van der Waals surface area contributed by atoms with Crippen LogP contribution in [0.15, 0.2) is 29.2 Å². The summed E-state index contributed by atoms with van der Waals surface area (Å²) in [6, 6.07) is 9.45. The van der Waals surface area contributed by atoms with Crippen LogP contribution < -0.4 is 5.73 Å². The zero-order valence-corrected chi connectivity index (χ0v) is 12.5. The topological polar surface area (TPSA) is 29.3 Å². The summed E-state index contributed by atoms with van der Waals surface area (Å²) in [5.74, 6) is 0.757. The largest absolute Gasteiger partial charge is 0.329 e. The molecule has 1 fully saturated rings. The van der Waals surface area contributed by atoms with Gasteiger partial charge in [0.15, 0.2) is 0 Å². The minimum atomic E-state index is 0.595. The van der Waals surface area contributed by atoms with Gasteiger partial charge in [0.1, 0.15) is 0 Å². The van der Waals surface area contributed by atoms with E-state index in [1.165, 1.54) is 42.8 Å². The maximum atomic E-state index is 5.99. The van der Waals surface area contributed by atoms with Crippen molar-refractivity contribution in [3.05, 3.63) is 29.8 Å². The predicted octanol–water partition coefficient (Wildman–Crippen LogP) is 2.76. The zero-order valence-electron chi connectivity index (χ0n) is 11.7. The molecule has 3 unspecified atom stereocenters. The van der Waals surface area contributed by atoms with Crippen molar-refractivity contribution in [1.82, 2.24) is 4.90 Å². The number of likely N-dealkylation sites (tertiary alicyclic amines) is 1. The van der Waals surface area contributed by atoms with Gasteiger partial charge in [-0.25, -0.2) is 0 Å². The van der Waals surface area contributed by atoms with Gasteiger partial charge in [0.2, 0.25) is 0 Å². The van der Waals surface area contributed by atoms with Gasteiger partial charge in [-0.1, -0.05) is 25.1 Å². The van der Waals surface area contributed by atoms with E-state index in [1.54, 1.807) is 0 Å². The van der Waals surface area contributed by atoms with Gasteiger partial charge in [0, 0.05) is 29.3 Å². The van der Waals surface area contributed by atoms with Gasteiger partial charge in [0.25, 0.3) is 0 Å². The molecule has 2 N–H and O–H groups in total. The molecule has 1 aromatic rings. The van der Waals surface area contributed by atoms with E-state index in [4.69, 9.17) is 5.73 Å². The van der Waals surface area contributed by atoms with Crippen molar-refractivity contribution in [3.63, 3.8) is 0 Å². The Kier molecular flexibility index (Phi) is 4.15. The number of hydrogen-bond acceptors (Lipinski definition) is 3. The van der Waals surface area contributed by atoms with Gasteiger partial charge in [-0.3, -0.25) is 4.90 Å². The highest BCUT2D eigenvalue weighted by molar-refractivity contribution is 8.00. The van der Waals surface area contributed by atoms with Crippen LogP contribution in [0.1, 0.15) is 25.3 Å². The van der Waals surface area contributed by atoms with E-state index >= 15 is 0 Å². The third-order valence-corrected chi connectivity index (χ3v) is 5.93. The van der Waals surface area contributed by atoms with Gasteiger partial charge in [0.05, 0.1) is 0 Å². The molecule has 19 heavy (non-hydrogen) atoms. The normalized spacial score (nSPS) is 31.4. The molecule has 0 aromatic heterocycles. The lowest BCUT2D eigenvalue weighted by Crippen LogP contribution is -2.50. The minimum Gasteiger partial charge on any atom is -0.329 e. The second kappa shape index (κ2) is 5.86. The first-order valence-electron chi connectivity index (χ1n) is 7.46. The van der Waals surface area contributed by atoms with E-state index in [9.17, 15) is 0 Å². The van der Waals surface area contributed by atoms with E-state index in [0.717, 1.165) is 17.7 Å². The lowest BCUT2D eigenvalue weighted by Gasteiger charge is -2.40.